The molecule has 0 radical (unpaired) electrons. The van der Waals surface area contributed by atoms with E-state index in [1.165, 1.54) is 0 Å². The molecule has 1 saturated heterocycles. The lowest BCUT2D eigenvalue weighted by Gasteiger charge is -2.31. The highest BCUT2D eigenvalue weighted by Gasteiger charge is 2.58. The largest absolute Gasteiger partial charge is 0.396 e. The number of aliphatic hydroxyl groups excluding tert-OH is 1. The summed E-state index contributed by atoms with van der Waals surface area (Å²) in [6, 6.07) is 15.9. The van der Waals surface area contributed by atoms with Crippen LogP contribution < -0.4 is 10.9 Å². The van der Waals surface area contributed by atoms with Gasteiger partial charge in [-0.15, -0.1) is 0 Å². The van der Waals surface area contributed by atoms with Crippen molar-refractivity contribution in [3.63, 3.8) is 0 Å². The number of pyridine rings is 2. The number of hydrogen-bond acceptors (Lipinski definition) is 5. The molecular formula is C29H30N4O4. The van der Waals surface area contributed by atoms with Gasteiger partial charge in [0.15, 0.2) is 0 Å². The van der Waals surface area contributed by atoms with E-state index in [4.69, 9.17) is 0 Å². The third-order valence-electron chi connectivity index (χ3n) is 8.07. The highest BCUT2D eigenvalue weighted by Crippen LogP contribution is 2.51. The van der Waals surface area contributed by atoms with Crippen LogP contribution in [0.1, 0.15) is 30.1 Å². The second-order valence-corrected chi connectivity index (χ2v) is 10.3. The zero-order chi connectivity index (χ0) is 25.5. The Morgan fingerprint density at radius 1 is 1.03 bits per heavy atom. The van der Waals surface area contributed by atoms with Crippen LogP contribution in [0.3, 0.4) is 0 Å². The van der Waals surface area contributed by atoms with Crippen LogP contribution in [0.25, 0.3) is 11.1 Å². The smallest absolute Gasteiger partial charge is 0.258 e. The topological polar surface area (TPSA) is 105 Å². The van der Waals surface area contributed by atoms with Crippen LogP contribution >= 0.6 is 0 Å². The van der Waals surface area contributed by atoms with Gasteiger partial charge in [-0.25, -0.2) is 0 Å². The fraction of sp³-hybridized carbons (Fsp3) is 0.379. The summed E-state index contributed by atoms with van der Waals surface area (Å²) in [5, 5.41) is 13.5. The van der Waals surface area contributed by atoms with Crippen molar-refractivity contribution >= 4 is 11.8 Å². The molecule has 1 saturated carbocycles. The molecule has 0 unspecified atom stereocenters. The number of carbonyl (C=O) groups is 2. The van der Waals surface area contributed by atoms with Crippen LogP contribution in [0.15, 0.2) is 71.8 Å². The maximum atomic E-state index is 13.6. The van der Waals surface area contributed by atoms with E-state index in [9.17, 15) is 19.5 Å². The number of nitrogens with one attached hydrogen (secondary N) is 1. The lowest BCUT2D eigenvalue weighted by molar-refractivity contribution is -0.142. The number of carbonyl (C=O) groups excluding carboxylic acids is 2. The third-order valence-corrected chi connectivity index (χ3v) is 8.07. The normalized spacial score (nSPS) is 24.0. The lowest BCUT2D eigenvalue weighted by atomic mass is 9.88. The van der Waals surface area contributed by atoms with E-state index in [-0.39, 0.29) is 35.8 Å². The van der Waals surface area contributed by atoms with E-state index in [1.807, 2.05) is 54.6 Å². The van der Waals surface area contributed by atoms with Crippen molar-refractivity contribution in [2.24, 2.45) is 17.8 Å². The summed E-state index contributed by atoms with van der Waals surface area (Å²) in [6.45, 7) is 0.571. The Morgan fingerprint density at radius 2 is 1.78 bits per heavy atom. The van der Waals surface area contributed by atoms with E-state index in [0.717, 1.165) is 29.7 Å². The van der Waals surface area contributed by atoms with Gasteiger partial charge in [-0.05, 0) is 54.7 Å². The van der Waals surface area contributed by atoms with Crippen molar-refractivity contribution in [3.05, 3.63) is 88.6 Å². The van der Waals surface area contributed by atoms with Gasteiger partial charge in [0.2, 0.25) is 11.8 Å². The fourth-order valence-electron chi connectivity index (χ4n) is 6.09. The fourth-order valence-corrected chi connectivity index (χ4v) is 6.09. The van der Waals surface area contributed by atoms with E-state index in [2.05, 4.69) is 10.3 Å². The molecule has 4 heterocycles. The van der Waals surface area contributed by atoms with Crippen LogP contribution in [-0.2, 0) is 22.6 Å². The quantitative estimate of drug-likeness (QED) is 0.520. The minimum atomic E-state index is -0.761. The molecule has 2 amide bonds. The third kappa shape index (κ3) is 4.15. The molecule has 1 aliphatic carbocycles. The van der Waals surface area contributed by atoms with Gasteiger partial charge in [-0.1, -0.05) is 30.3 Å². The molecule has 3 aromatic rings. The summed E-state index contributed by atoms with van der Waals surface area (Å²) in [6.07, 6.45) is 5.71. The minimum Gasteiger partial charge on any atom is -0.396 e. The zero-order valence-corrected chi connectivity index (χ0v) is 20.5. The first-order valence-electron chi connectivity index (χ1n) is 13.0. The molecule has 37 heavy (non-hydrogen) atoms. The van der Waals surface area contributed by atoms with Crippen molar-refractivity contribution < 1.29 is 14.7 Å². The maximum absolute atomic E-state index is 13.6. The summed E-state index contributed by atoms with van der Waals surface area (Å²) in [7, 11) is 0. The Kier molecular flexibility index (Phi) is 6.12. The number of rotatable bonds is 7. The molecule has 0 spiro atoms. The van der Waals surface area contributed by atoms with Crippen molar-refractivity contribution in [1.82, 2.24) is 19.8 Å². The first-order valence-corrected chi connectivity index (χ1v) is 13.0. The number of aliphatic hydroxyl groups is 1. The first-order chi connectivity index (χ1) is 18.1. The van der Waals surface area contributed by atoms with E-state index in [0.29, 0.717) is 25.1 Å². The Bertz CT molecular complexity index is 1370. The number of hydrogen-bond donors (Lipinski definition) is 2. The van der Waals surface area contributed by atoms with Crippen molar-refractivity contribution in [3.8, 4) is 11.1 Å². The van der Waals surface area contributed by atoms with Crippen LogP contribution in [0.5, 0.6) is 0 Å². The second-order valence-electron chi connectivity index (χ2n) is 10.3. The monoisotopic (exact) mass is 498 g/mol. The van der Waals surface area contributed by atoms with Gasteiger partial charge in [0.1, 0.15) is 6.04 Å². The second kappa shape index (κ2) is 9.59. The molecule has 8 nitrogen and oxygen atoms in total. The van der Waals surface area contributed by atoms with Crippen molar-refractivity contribution in [2.45, 2.75) is 37.9 Å². The summed E-state index contributed by atoms with van der Waals surface area (Å²) in [5.74, 6) is -1.04. The summed E-state index contributed by atoms with van der Waals surface area (Å²) in [5.41, 5.74) is 3.15. The van der Waals surface area contributed by atoms with Gasteiger partial charge in [-0.3, -0.25) is 19.4 Å². The molecule has 2 N–H and O–H groups in total. The predicted octanol–water partition coefficient (Wildman–Crippen LogP) is 2.17. The van der Waals surface area contributed by atoms with Crippen LogP contribution in [0, 0.1) is 17.8 Å². The van der Waals surface area contributed by atoms with Gasteiger partial charge >= 0.3 is 0 Å². The standard InChI is InChI=1S/C29H30N4O4/c34-17-23-22-16-32-24(9-8-21(29(32)37)19-4-2-1-3-5-19)25(22)33(28(36)20-6-7-20)26(23)27(35)31-15-12-18-10-13-30-14-11-18/h1-5,8-11,13-14,20,22-23,25-26,34H,6-7,12,15-17H2,(H,31,35)/t22-,23-,25+,26-/m0/s1. The summed E-state index contributed by atoms with van der Waals surface area (Å²) in [4.78, 5) is 46.3. The average molecular weight is 499 g/mol. The predicted molar refractivity (Wildman–Crippen MR) is 137 cm³/mol. The van der Waals surface area contributed by atoms with E-state index in [1.54, 1.807) is 21.9 Å². The zero-order valence-electron chi connectivity index (χ0n) is 20.5. The molecule has 4 atom stereocenters. The Balaban J connectivity index is 1.31. The molecule has 0 bridgehead atoms. The molecule has 190 valence electrons. The number of benzene rings is 1. The summed E-state index contributed by atoms with van der Waals surface area (Å²) >= 11 is 0. The number of nitrogens with zero attached hydrogens (tertiary/aromatic N) is 3. The Hall–Kier alpha value is -3.78. The van der Waals surface area contributed by atoms with E-state index < -0.39 is 18.0 Å². The average Bonchev–Trinajstić information content (AvgIpc) is 3.63. The Morgan fingerprint density at radius 3 is 2.49 bits per heavy atom. The van der Waals surface area contributed by atoms with Gasteiger partial charge in [-0.2, -0.15) is 0 Å². The van der Waals surface area contributed by atoms with Gasteiger partial charge in [0, 0.05) is 61.1 Å². The van der Waals surface area contributed by atoms with Crippen LogP contribution in [-0.4, -0.2) is 50.6 Å². The SMILES string of the molecule is O=C(NCCc1ccncc1)[C@@H]1[C@@H](CO)[C@@H]2Cn3c(ccc(-c4ccccc4)c3=O)[C@@H]2N1C(=O)C1CC1. The number of fused-ring (bicyclic) bond motifs is 3. The van der Waals surface area contributed by atoms with Gasteiger partial charge < -0.3 is 19.9 Å². The van der Waals surface area contributed by atoms with Crippen molar-refractivity contribution in [2.75, 3.05) is 13.2 Å². The number of amides is 2. The first kappa shape index (κ1) is 23.6. The lowest BCUT2D eigenvalue weighted by Crippen LogP contribution is -2.51. The molecule has 2 aliphatic heterocycles. The molecule has 2 fully saturated rings. The van der Waals surface area contributed by atoms with Crippen LogP contribution in [0.2, 0.25) is 0 Å². The van der Waals surface area contributed by atoms with Gasteiger partial charge in [0.25, 0.3) is 5.56 Å². The molecular weight excluding hydrogens is 468 g/mol. The van der Waals surface area contributed by atoms with E-state index >= 15 is 0 Å². The minimum absolute atomic E-state index is 0.0479. The number of likely N-dealkylation sites (tertiary alicyclic amines) is 1. The molecule has 3 aliphatic rings. The maximum Gasteiger partial charge on any atom is 0.258 e. The highest BCUT2D eigenvalue weighted by atomic mass is 16.3. The van der Waals surface area contributed by atoms with Crippen molar-refractivity contribution in [1.29, 1.82) is 0 Å². The van der Waals surface area contributed by atoms with Crippen LogP contribution in [0.4, 0.5) is 0 Å². The van der Waals surface area contributed by atoms with Gasteiger partial charge in [0.05, 0.1) is 6.04 Å². The molecule has 8 heteroatoms. The molecule has 6 rings (SSSR count). The number of aromatic nitrogens is 2. The molecule has 2 aromatic heterocycles. The summed E-state index contributed by atoms with van der Waals surface area (Å²) < 4.78 is 1.74. The molecule has 1 aromatic carbocycles. The Labute approximate surface area is 215 Å². The highest BCUT2D eigenvalue weighted by molar-refractivity contribution is 5.91.